The summed E-state index contributed by atoms with van der Waals surface area (Å²) in [6, 6.07) is 5.82. The molecule has 0 unspecified atom stereocenters. The molecule has 8 heteroatoms. The molecule has 0 aromatic carbocycles. The monoisotopic (exact) mass is 427 g/mol. The number of likely N-dealkylation sites (tertiary alicyclic amines) is 1. The topological polar surface area (TPSA) is 91.2 Å². The molecule has 1 amide bonds. The van der Waals surface area contributed by atoms with Crippen LogP contribution in [0.25, 0.3) is 10.2 Å². The van der Waals surface area contributed by atoms with E-state index in [0.29, 0.717) is 24.7 Å². The average Bonchev–Trinajstić information content (AvgIpc) is 3.40. The first-order chi connectivity index (χ1) is 14.5. The number of anilines is 1. The van der Waals surface area contributed by atoms with Crippen molar-refractivity contribution in [1.82, 2.24) is 19.9 Å². The van der Waals surface area contributed by atoms with Crippen molar-refractivity contribution in [2.75, 3.05) is 25.0 Å². The molecule has 0 aliphatic carbocycles. The third kappa shape index (κ3) is 4.76. The number of aromatic nitrogens is 3. The number of hydrogen-bond donors (Lipinski definition) is 2. The van der Waals surface area contributed by atoms with E-state index >= 15 is 0 Å². The molecule has 2 N–H and O–H groups in total. The van der Waals surface area contributed by atoms with Crippen molar-refractivity contribution in [3.63, 3.8) is 0 Å². The highest BCUT2D eigenvalue weighted by molar-refractivity contribution is 7.19. The number of carbonyl (C=O) groups is 1. The number of carbonyl (C=O) groups excluding carboxylic acids is 1. The van der Waals surface area contributed by atoms with Crippen LogP contribution in [0.3, 0.4) is 0 Å². The molecule has 3 aromatic heterocycles. The summed E-state index contributed by atoms with van der Waals surface area (Å²) < 4.78 is 0.814. The van der Waals surface area contributed by atoms with Crippen molar-refractivity contribution in [2.45, 2.75) is 40.2 Å². The molecule has 0 radical (unpaired) electrons. The number of rotatable bonds is 5. The van der Waals surface area contributed by atoms with Crippen molar-refractivity contribution < 1.29 is 9.90 Å². The van der Waals surface area contributed by atoms with Gasteiger partial charge in [-0.3, -0.25) is 9.78 Å². The van der Waals surface area contributed by atoms with Crippen LogP contribution in [-0.2, 0) is 0 Å². The molecule has 3 aromatic rings. The molecule has 4 rings (SSSR count). The van der Waals surface area contributed by atoms with E-state index < -0.39 is 0 Å². The molecular formula is C22H29N5O2S. The fourth-order valence-corrected chi connectivity index (χ4v) is 4.42. The Balaban J connectivity index is 0.00000124. The predicted molar refractivity (Wildman–Crippen MR) is 121 cm³/mol. The van der Waals surface area contributed by atoms with Gasteiger partial charge in [0.2, 0.25) is 5.95 Å². The molecule has 160 valence electrons. The minimum atomic E-state index is -0.0951. The second-order valence-electron chi connectivity index (χ2n) is 7.21. The van der Waals surface area contributed by atoms with Gasteiger partial charge in [0.15, 0.2) is 5.69 Å². The Kier molecular flexibility index (Phi) is 7.33. The molecule has 0 spiro atoms. The minimum absolute atomic E-state index is 0.0422. The van der Waals surface area contributed by atoms with E-state index in [1.54, 1.807) is 17.3 Å². The van der Waals surface area contributed by atoms with Crippen LogP contribution in [0.5, 0.6) is 0 Å². The summed E-state index contributed by atoms with van der Waals surface area (Å²) in [5, 5.41) is 12.7. The van der Waals surface area contributed by atoms with Gasteiger partial charge in [-0.05, 0) is 38.0 Å². The summed E-state index contributed by atoms with van der Waals surface area (Å²) in [4.78, 5) is 29.4. The normalized spacial score (nSPS) is 16.8. The van der Waals surface area contributed by atoms with Crippen molar-refractivity contribution in [3.8, 4) is 0 Å². The lowest BCUT2D eigenvalue weighted by Crippen LogP contribution is -2.30. The van der Waals surface area contributed by atoms with Crippen LogP contribution in [0.1, 0.15) is 54.2 Å². The lowest BCUT2D eigenvalue weighted by atomic mass is 10.1. The van der Waals surface area contributed by atoms with Gasteiger partial charge in [0.25, 0.3) is 5.91 Å². The molecule has 0 saturated carbocycles. The van der Waals surface area contributed by atoms with E-state index in [9.17, 15) is 9.90 Å². The highest BCUT2D eigenvalue weighted by Gasteiger charge is 2.29. The van der Waals surface area contributed by atoms with E-state index in [-0.39, 0.29) is 24.5 Å². The maximum atomic E-state index is 13.2. The smallest absolute Gasteiger partial charge is 0.274 e. The SMILES string of the molecule is CC.Cc1cc2nc(N[C@@H](C)c3cccnc3)nc(C(=O)N3CC[C@@H](CO)C3)c2s1. The number of nitrogens with zero attached hydrogens (tertiary/aromatic N) is 4. The summed E-state index contributed by atoms with van der Waals surface area (Å²) in [5.41, 5.74) is 2.23. The quantitative estimate of drug-likeness (QED) is 0.638. The van der Waals surface area contributed by atoms with Crippen LogP contribution in [0.4, 0.5) is 5.95 Å². The molecule has 0 bridgehead atoms. The van der Waals surface area contributed by atoms with Crippen LogP contribution < -0.4 is 5.32 Å². The summed E-state index contributed by atoms with van der Waals surface area (Å²) >= 11 is 1.54. The Labute approximate surface area is 181 Å². The minimum Gasteiger partial charge on any atom is -0.396 e. The zero-order chi connectivity index (χ0) is 21.7. The van der Waals surface area contributed by atoms with Crippen LogP contribution in [-0.4, -0.2) is 50.6 Å². The number of aliphatic hydroxyl groups excluding tert-OH is 1. The molecule has 4 heterocycles. The number of thiophene rings is 1. The second-order valence-corrected chi connectivity index (χ2v) is 8.46. The molecule has 2 atom stereocenters. The first-order valence-corrected chi connectivity index (χ1v) is 11.2. The van der Waals surface area contributed by atoms with Crippen LogP contribution >= 0.6 is 11.3 Å². The summed E-state index contributed by atoms with van der Waals surface area (Å²) in [6.45, 7) is 9.34. The van der Waals surface area contributed by atoms with Crippen molar-refractivity contribution in [2.24, 2.45) is 5.92 Å². The predicted octanol–water partition coefficient (Wildman–Crippen LogP) is 4.05. The van der Waals surface area contributed by atoms with Gasteiger partial charge in [0.1, 0.15) is 0 Å². The number of fused-ring (bicyclic) bond motifs is 1. The lowest BCUT2D eigenvalue weighted by molar-refractivity contribution is 0.0778. The molecule has 7 nitrogen and oxygen atoms in total. The number of pyridine rings is 1. The van der Waals surface area contributed by atoms with Gasteiger partial charge in [-0.1, -0.05) is 19.9 Å². The Morgan fingerprint density at radius 2 is 2.20 bits per heavy atom. The van der Waals surface area contributed by atoms with Gasteiger partial charge in [-0.15, -0.1) is 11.3 Å². The Morgan fingerprint density at radius 3 is 2.87 bits per heavy atom. The highest BCUT2D eigenvalue weighted by Crippen LogP contribution is 2.30. The molecular weight excluding hydrogens is 398 g/mol. The third-order valence-corrected chi connectivity index (χ3v) is 6.11. The van der Waals surface area contributed by atoms with E-state index in [2.05, 4.69) is 20.3 Å². The molecule has 1 aliphatic rings. The summed E-state index contributed by atoms with van der Waals surface area (Å²) in [7, 11) is 0. The van der Waals surface area contributed by atoms with Gasteiger partial charge in [0, 0.05) is 42.9 Å². The van der Waals surface area contributed by atoms with Crippen molar-refractivity contribution in [1.29, 1.82) is 0 Å². The largest absolute Gasteiger partial charge is 0.396 e. The average molecular weight is 428 g/mol. The van der Waals surface area contributed by atoms with Gasteiger partial charge in [0.05, 0.1) is 16.3 Å². The molecule has 1 saturated heterocycles. The van der Waals surface area contributed by atoms with Gasteiger partial charge < -0.3 is 15.3 Å². The Hall–Kier alpha value is -2.58. The molecule has 1 aliphatic heterocycles. The number of nitrogens with one attached hydrogen (secondary N) is 1. The van der Waals surface area contributed by atoms with Gasteiger partial charge in [-0.2, -0.15) is 0 Å². The summed E-state index contributed by atoms with van der Waals surface area (Å²) in [5.74, 6) is 0.486. The van der Waals surface area contributed by atoms with E-state index in [0.717, 1.165) is 27.1 Å². The zero-order valence-electron chi connectivity index (χ0n) is 17.9. The summed E-state index contributed by atoms with van der Waals surface area (Å²) in [6.07, 6.45) is 4.36. The highest BCUT2D eigenvalue weighted by atomic mass is 32.1. The maximum Gasteiger partial charge on any atom is 0.274 e. The molecule has 30 heavy (non-hydrogen) atoms. The van der Waals surface area contributed by atoms with E-state index in [1.807, 2.05) is 45.9 Å². The van der Waals surface area contributed by atoms with Crippen LogP contribution in [0.15, 0.2) is 30.6 Å². The fraction of sp³-hybridized carbons (Fsp3) is 0.455. The maximum absolute atomic E-state index is 13.2. The van der Waals surface area contributed by atoms with Crippen molar-refractivity contribution >= 4 is 33.4 Å². The fourth-order valence-electron chi connectivity index (χ4n) is 3.48. The van der Waals surface area contributed by atoms with E-state index in [4.69, 9.17) is 0 Å². The van der Waals surface area contributed by atoms with Gasteiger partial charge in [-0.25, -0.2) is 9.97 Å². The number of aryl methyl sites for hydroxylation is 1. The Morgan fingerprint density at radius 1 is 1.40 bits per heavy atom. The molecule has 1 fully saturated rings. The van der Waals surface area contributed by atoms with Crippen LogP contribution in [0.2, 0.25) is 0 Å². The number of aliphatic hydroxyl groups is 1. The third-order valence-electron chi connectivity index (χ3n) is 5.06. The Bertz CT molecular complexity index is 992. The standard InChI is InChI=1S/C20H23N5O2S.C2H6/c1-12-8-16-18(28-12)17(19(27)25-7-5-14(10-25)11-26)24-20(23-16)22-13(2)15-4-3-6-21-9-15;1-2/h3-4,6,8-9,13-14,26H,5,7,10-11H2,1-2H3,(H,22,23,24);1-2H3/t13-,14+;/m0./s1. The van der Waals surface area contributed by atoms with Crippen LogP contribution in [0, 0.1) is 12.8 Å². The lowest BCUT2D eigenvalue weighted by Gasteiger charge is -2.18. The first-order valence-electron chi connectivity index (χ1n) is 10.4. The zero-order valence-corrected chi connectivity index (χ0v) is 18.7. The van der Waals surface area contributed by atoms with E-state index in [1.165, 1.54) is 11.3 Å². The second kappa shape index (κ2) is 9.95. The van der Waals surface area contributed by atoms with Crippen molar-refractivity contribution in [3.05, 3.63) is 46.7 Å². The number of hydrogen-bond acceptors (Lipinski definition) is 7. The van der Waals surface area contributed by atoms with Gasteiger partial charge >= 0.3 is 0 Å². The first kappa shape index (κ1) is 22.1. The number of amides is 1.